The van der Waals surface area contributed by atoms with Gasteiger partial charge < -0.3 is 19.3 Å². The van der Waals surface area contributed by atoms with Crippen LogP contribution in [0.15, 0.2) is 60.7 Å². The van der Waals surface area contributed by atoms with E-state index in [2.05, 4.69) is 5.43 Å². The van der Waals surface area contributed by atoms with E-state index in [0.29, 0.717) is 16.1 Å². The number of hydrazine groups is 1. The number of hydrogen-bond acceptors (Lipinski definition) is 8. The van der Waals surface area contributed by atoms with Crippen LogP contribution in [0.5, 0.6) is 0 Å². The summed E-state index contributed by atoms with van der Waals surface area (Å²) in [5.41, 5.74) is 3.56. The van der Waals surface area contributed by atoms with Gasteiger partial charge in [-0.3, -0.25) is 9.59 Å². The SMILES string of the molecule is CCOC(=O)CC(CC(C#N)C(=O)O)N(NC(=O)OCc1ccccc1)C(=O)OCc1ccccc1. The molecule has 0 aromatic heterocycles. The van der Waals surface area contributed by atoms with Crippen molar-refractivity contribution in [1.82, 2.24) is 10.4 Å². The molecule has 190 valence electrons. The highest BCUT2D eigenvalue weighted by Gasteiger charge is 2.34. The summed E-state index contributed by atoms with van der Waals surface area (Å²) in [7, 11) is 0. The molecule has 2 rings (SSSR count). The number of amides is 2. The second-order valence-electron chi connectivity index (χ2n) is 7.50. The van der Waals surface area contributed by atoms with Gasteiger partial charge in [-0.1, -0.05) is 60.7 Å². The van der Waals surface area contributed by atoms with Crippen molar-refractivity contribution in [3.8, 4) is 6.07 Å². The van der Waals surface area contributed by atoms with Crippen LogP contribution in [-0.4, -0.2) is 46.9 Å². The maximum atomic E-state index is 13.0. The van der Waals surface area contributed by atoms with E-state index < -0.39 is 48.9 Å². The lowest BCUT2D eigenvalue weighted by Crippen LogP contribution is -2.53. The summed E-state index contributed by atoms with van der Waals surface area (Å²) in [6.07, 6.45) is -3.11. The molecule has 2 aromatic carbocycles. The minimum Gasteiger partial charge on any atom is -0.480 e. The van der Waals surface area contributed by atoms with Crippen LogP contribution in [-0.2, 0) is 37.0 Å². The van der Waals surface area contributed by atoms with Gasteiger partial charge in [0.1, 0.15) is 19.1 Å². The molecule has 0 fully saturated rings. The Bertz CT molecular complexity index is 1060. The van der Waals surface area contributed by atoms with Crippen molar-refractivity contribution in [2.24, 2.45) is 5.92 Å². The van der Waals surface area contributed by atoms with Crippen molar-refractivity contribution in [2.45, 2.75) is 39.0 Å². The molecule has 0 aliphatic heterocycles. The van der Waals surface area contributed by atoms with E-state index >= 15 is 0 Å². The summed E-state index contributed by atoms with van der Waals surface area (Å²) < 4.78 is 15.4. The molecule has 2 N–H and O–H groups in total. The first-order valence-electron chi connectivity index (χ1n) is 11.1. The number of rotatable bonds is 11. The number of nitrogens with one attached hydrogen (secondary N) is 1. The highest BCUT2D eigenvalue weighted by Crippen LogP contribution is 2.18. The number of ether oxygens (including phenoxy) is 3. The normalized spacial score (nSPS) is 11.8. The molecule has 2 unspecified atom stereocenters. The molecule has 0 saturated heterocycles. The molecule has 2 aromatic rings. The average molecular weight is 498 g/mol. The van der Waals surface area contributed by atoms with Crippen molar-refractivity contribution in [3.63, 3.8) is 0 Å². The third-order valence-corrected chi connectivity index (χ3v) is 4.86. The smallest absolute Gasteiger partial charge is 0.429 e. The Labute approximate surface area is 208 Å². The van der Waals surface area contributed by atoms with Crippen molar-refractivity contribution in [2.75, 3.05) is 6.61 Å². The lowest BCUT2D eigenvalue weighted by molar-refractivity contribution is -0.146. The number of nitrogens with zero attached hydrogens (tertiary/aromatic N) is 2. The number of carbonyl (C=O) groups is 4. The Morgan fingerprint density at radius 2 is 1.50 bits per heavy atom. The maximum Gasteiger partial charge on any atom is 0.429 e. The molecule has 0 bridgehead atoms. The lowest BCUT2D eigenvalue weighted by atomic mass is 9.98. The highest BCUT2D eigenvalue weighted by atomic mass is 16.6. The average Bonchev–Trinajstić information content (AvgIpc) is 2.88. The van der Waals surface area contributed by atoms with E-state index in [9.17, 15) is 29.5 Å². The molecule has 0 heterocycles. The molecule has 0 radical (unpaired) electrons. The van der Waals surface area contributed by atoms with Crippen LogP contribution < -0.4 is 5.43 Å². The van der Waals surface area contributed by atoms with Crippen LogP contribution in [0.25, 0.3) is 0 Å². The van der Waals surface area contributed by atoms with Crippen molar-refractivity contribution < 1.29 is 38.5 Å². The van der Waals surface area contributed by atoms with Crippen LogP contribution in [0.2, 0.25) is 0 Å². The number of benzene rings is 2. The summed E-state index contributed by atoms with van der Waals surface area (Å²) in [5.74, 6) is -3.78. The fraction of sp³-hybridized carbons (Fsp3) is 0.320. The minimum absolute atomic E-state index is 0.0389. The van der Waals surface area contributed by atoms with Crippen LogP contribution >= 0.6 is 0 Å². The van der Waals surface area contributed by atoms with E-state index in [4.69, 9.17) is 14.2 Å². The second kappa shape index (κ2) is 14.6. The maximum absolute atomic E-state index is 13.0. The zero-order valence-corrected chi connectivity index (χ0v) is 19.7. The predicted octanol–water partition coefficient (Wildman–Crippen LogP) is 3.40. The Morgan fingerprint density at radius 3 is 2.00 bits per heavy atom. The van der Waals surface area contributed by atoms with Crippen LogP contribution in [0, 0.1) is 17.2 Å². The molecular weight excluding hydrogens is 470 g/mol. The zero-order chi connectivity index (χ0) is 26.3. The number of carboxylic acids is 1. The molecule has 11 heteroatoms. The second-order valence-corrected chi connectivity index (χ2v) is 7.50. The summed E-state index contributed by atoms with van der Waals surface area (Å²) in [4.78, 5) is 49.2. The quantitative estimate of drug-likeness (QED) is 0.270. The lowest BCUT2D eigenvalue weighted by Gasteiger charge is -2.30. The molecule has 0 saturated carbocycles. The summed E-state index contributed by atoms with van der Waals surface area (Å²) in [6.45, 7) is 1.34. The number of carbonyl (C=O) groups excluding carboxylic acids is 3. The van der Waals surface area contributed by atoms with Gasteiger partial charge in [0, 0.05) is 0 Å². The molecule has 36 heavy (non-hydrogen) atoms. The zero-order valence-electron chi connectivity index (χ0n) is 19.7. The fourth-order valence-electron chi connectivity index (χ4n) is 3.10. The van der Waals surface area contributed by atoms with Gasteiger partial charge >= 0.3 is 24.1 Å². The van der Waals surface area contributed by atoms with E-state index in [0.717, 1.165) is 0 Å². The molecule has 0 aliphatic carbocycles. The van der Waals surface area contributed by atoms with Gasteiger partial charge in [0.2, 0.25) is 0 Å². The van der Waals surface area contributed by atoms with Crippen molar-refractivity contribution in [1.29, 1.82) is 5.26 Å². The van der Waals surface area contributed by atoms with E-state index in [1.54, 1.807) is 73.7 Å². The number of carboxylic acid groups (broad SMARTS) is 1. The molecule has 0 aliphatic rings. The third-order valence-electron chi connectivity index (χ3n) is 4.86. The van der Waals surface area contributed by atoms with Crippen molar-refractivity contribution in [3.05, 3.63) is 71.8 Å². The Balaban J connectivity index is 2.24. The van der Waals surface area contributed by atoms with Gasteiger partial charge in [-0.05, 0) is 24.5 Å². The predicted molar refractivity (Wildman–Crippen MR) is 125 cm³/mol. The summed E-state index contributed by atoms with van der Waals surface area (Å²) >= 11 is 0. The molecule has 2 atom stereocenters. The van der Waals surface area contributed by atoms with Crippen molar-refractivity contribution >= 4 is 24.1 Å². The fourth-order valence-corrected chi connectivity index (χ4v) is 3.10. The van der Waals surface area contributed by atoms with E-state index in [1.807, 2.05) is 0 Å². The topological polar surface area (TPSA) is 155 Å². The van der Waals surface area contributed by atoms with Crippen LogP contribution in [0.3, 0.4) is 0 Å². The number of aliphatic carboxylic acids is 1. The van der Waals surface area contributed by atoms with Gasteiger partial charge in [0.25, 0.3) is 0 Å². The van der Waals surface area contributed by atoms with Gasteiger partial charge in [0.05, 0.1) is 25.1 Å². The minimum atomic E-state index is -1.57. The molecule has 2 amide bonds. The van der Waals surface area contributed by atoms with Crippen LogP contribution in [0.4, 0.5) is 9.59 Å². The monoisotopic (exact) mass is 497 g/mol. The third kappa shape index (κ3) is 9.34. The van der Waals surface area contributed by atoms with E-state index in [1.165, 1.54) is 0 Å². The first-order chi connectivity index (χ1) is 17.3. The summed E-state index contributed by atoms with van der Waals surface area (Å²) in [6, 6.07) is 17.8. The number of hydrogen-bond donors (Lipinski definition) is 2. The first-order valence-corrected chi connectivity index (χ1v) is 11.1. The number of nitriles is 1. The highest BCUT2D eigenvalue weighted by molar-refractivity contribution is 5.77. The molecule has 0 spiro atoms. The number of esters is 1. The Morgan fingerprint density at radius 1 is 0.944 bits per heavy atom. The first kappa shape index (κ1) is 27.7. The van der Waals surface area contributed by atoms with Gasteiger partial charge in [-0.15, -0.1) is 0 Å². The van der Waals surface area contributed by atoms with Gasteiger partial charge in [0.15, 0.2) is 0 Å². The Hall–Kier alpha value is -4.59. The molecule has 11 nitrogen and oxygen atoms in total. The summed E-state index contributed by atoms with van der Waals surface area (Å²) in [5, 5.41) is 19.3. The Kier molecular flexibility index (Phi) is 11.2. The van der Waals surface area contributed by atoms with Gasteiger partial charge in [-0.2, -0.15) is 5.26 Å². The van der Waals surface area contributed by atoms with E-state index in [-0.39, 0.29) is 19.8 Å². The molecular formula is C25H27N3O8. The standard InChI is InChI=1S/C25H27N3O8/c1-2-34-22(29)14-21(13-20(15-26)23(30)31)28(25(33)36-17-19-11-7-4-8-12-19)27-24(32)35-16-18-9-5-3-6-10-18/h3-12,20-21H,2,13-14,16-17H2,1H3,(H,27,32)(H,30,31). The van der Waals surface area contributed by atoms with Gasteiger partial charge in [-0.25, -0.2) is 20.0 Å². The largest absolute Gasteiger partial charge is 0.480 e. The van der Waals surface area contributed by atoms with Crippen LogP contribution in [0.1, 0.15) is 30.9 Å².